The Morgan fingerprint density at radius 3 is 2.83 bits per heavy atom. The van der Waals surface area contributed by atoms with E-state index in [0.29, 0.717) is 32.0 Å². The van der Waals surface area contributed by atoms with Crippen LogP contribution in [-0.2, 0) is 25.9 Å². The second-order valence-electron chi connectivity index (χ2n) is 6.79. The summed E-state index contributed by atoms with van der Waals surface area (Å²) in [4.78, 5) is 21.9. The van der Waals surface area contributed by atoms with Crippen molar-refractivity contribution in [1.82, 2.24) is 14.9 Å². The van der Waals surface area contributed by atoms with Gasteiger partial charge in [-0.05, 0) is 42.9 Å². The van der Waals surface area contributed by atoms with Crippen LogP contribution in [0.4, 0.5) is 8.78 Å². The van der Waals surface area contributed by atoms with Crippen LogP contribution in [0, 0.1) is 17.6 Å². The quantitative estimate of drug-likeness (QED) is 0.937. The lowest BCUT2D eigenvalue weighted by molar-refractivity contribution is 0.239. The molecular weight excluding hydrogens is 312 g/mol. The molecule has 1 aromatic heterocycles. The molecule has 6 heteroatoms. The topological polar surface area (TPSA) is 49.0 Å². The molecule has 0 amide bonds. The predicted octanol–water partition coefficient (Wildman–Crippen LogP) is 2.56. The number of H-pyrrole nitrogens is 1. The lowest BCUT2D eigenvalue weighted by Crippen LogP contribution is -2.35. The van der Waals surface area contributed by atoms with Crippen molar-refractivity contribution in [3.63, 3.8) is 0 Å². The highest BCUT2D eigenvalue weighted by molar-refractivity contribution is 5.23. The molecule has 0 unspecified atom stereocenters. The first-order valence-corrected chi connectivity index (χ1v) is 8.35. The fraction of sp³-hybridized carbons (Fsp3) is 0.444. The van der Waals surface area contributed by atoms with Crippen molar-refractivity contribution in [2.75, 3.05) is 6.54 Å². The van der Waals surface area contributed by atoms with Gasteiger partial charge < -0.3 is 4.98 Å². The summed E-state index contributed by atoms with van der Waals surface area (Å²) >= 11 is 0. The van der Waals surface area contributed by atoms with Crippen molar-refractivity contribution in [3.8, 4) is 0 Å². The Balaban J connectivity index is 1.52. The minimum absolute atomic E-state index is 0.0249. The zero-order chi connectivity index (χ0) is 16.7. The van der Waals surface area contributed by atoms with Gasteiger partial charge in [-0.3, -0.25) is 9.69 Å². The maximum absolute atomic E-state index is 13.4. The summed E-state index contributed by atoms with van der Waals surface area (Å²) in [6.45, 7) is 1.79. The van der Waals surface area contributed by atoms with Crippen molar-refractivity contribution >= 4 is 0 Å². The van der Waals surface area contributed by atoms with E-state index in [4.69, 9.17) is 0 Å². The highest BCUT2D eigenvalue weighted by atomic mass is 19.2. The van der Waals surface area contributed by atoms with E-state index in [1.165, 1.54) is 18.9 Å². The summed E-state index contributed by atoms with van der Waals surface area (Å²) < 4.78 is 26.4. The molecule has 0 radical (unpaired) electrons. The number of aromatic amines is 1. The van der Waals surface area contributed by atoms with Gasteiger partial charge in [0.2, 0.25) is 0 Å². The average Bonchev–Trinajstić information content (AvgIpc) is 3.35. The minimum atomic E-state index is -0.833. The fourth-order valence-corrected chi connectivity index (χ4v) is 3.27. The number of nitrogens with zero attached hydrogens (tertiary/aromatic N) is 2. The second kappa shape index (κ2) is 6.09. The summed E-state index contributed by atoms with van der Waals surface area (Å²) in [6.07, 6.45) is 3.89. The Kier molecular flexibility index (Phi) is 3.92. The van der Waals surface area contributed by atoms with Crippen molar-refractivity contribution < 1.29 is 8.78 Å². The molecule has 24 heavy (non-hydrogen) atoms. The van der Waals surface area contributed by atoms with Gasteiger partial charge in [0.15, 0.2) is 11.6 Å². The largest absolute Gasteiger partial charge is 0.310 e. The van der Waals surface area contributed by atoms with Crippen LogP contribution >= 0.6 is 0 Å². The molecule has 4 nitrogen and oxygen atoms in total. The number of hydrogen-bond donors (Lipinski definition) is 1. The molecule has 0 spiro atoms. The Morgan fingerprint density at radius 1 is 1.25 bits per heavy atom. The van der Waals surface area contributed by atoms with Crippen LogP contribution < -0.4 is 5.56 Å². The normalized spacial score (nSPS) is 17.8. The van der Waals surface area contributed by atoms with E-state index in [9.17, 15) is 13.6 Å². The molecule has 1 aromatic carbocycles. The molecular formula is C18H19F2N3O. The Hall–Kier alpha value is -2.08. The van der Waals surface area contributed by atoms with Crippen LogP contribution in [0.5, 0.6) is 0 Å². The van der Waals surface area contributed by atoms with E-state index in [2.05, 4.69) is 14.9 Å². The van der Waals surface area contributed by atoms with E-state index >= 15 is 0 Å². The predicted molar refractivity (Wildman–Crippen MR) is 85.5 cm³/mol. The maximum Gasteiger partial charge on any atom is 0.254 e. The van der Waals surface area contributed by atoms with Gasteiger partial charge >= 0.3 is 0 Å². The first-order valence-electron chi connectivity index (χ1n) is 8.35. The van der Waals surface area contributed by atoms with Crippen LogP contribution in [0.2, 0.25) is 0 Å². The number of benzene rings is 1. The fourth-order valence-electron chi connectivity index (χ4n) is 3.27. The first-order chi connectivity index (χ1) is 11.6. The maximum atomic E-state index is 13.4. The van der Waals surface area contributed by atoms with Gasteiger partial charge in [-0.15, -0.1) is 0 Å². The number of rotatable bonds is 4. The van der Waals surface area contributed by atoms with Gasteiger partial charge in [-0.2, -0.15) is 0 Å². The molecule has 1 saturated carbocycles. The lowest BCUT2D eigenvalue weighted by atomic mass is 10.1. The molecule has 0 bridgehead atoms. The SMILES string of the molecule is O=c1[nH]c(CC2CC2)nc2c1CCN(Cc1ccc(F)c(F)c1)C2. The van der Waals surface area contributed by atoms with Crippen LogP contribution in [0.1, 0.15) is 35.5 Å². The molecule has 2 heterocycles. The summed E-state index contributed by atoms with van der Waals surface area (Å²) in [5.41, 5.74) is 2.28. The third kappa shape index (κ3) is 3.24. The van der Waals surface area contributed by atoms with Gasteiger partial charge in [0.25, 0.3) is 5.56 Å². The molecule has 0 saturated heterocycles. The first kappa shape index (κ1) is 15.4. The summed E-state index contributed by atoms with van der Waals surface area (Å²) in [7, 11) is 0. The van der Waals surface area contributed by atoms with Gasteiger partial charge in [0.05, 0.1) is 5.69 Å². The highest BCUT2D eigenvalue weighted by Gasteiger charge is 2.25. The van der Waals surface area contributed by atoms with Crippen molar-refractivity contribution in [3.05, 3.63) is 62.8 Å². The summed E-state index contributed by atoms with van der Waals surface area (Å²) in [5, 5.41) is 0. The number of nitrogens with one attached hydrogen (secondary N) is 1. The van der Waals surface area contributed by atoms with Crippen LogP contribution in [0.15, 0.2) is 23.0 Å². The molecule has 2 aliphatic rings. The Morgan fingerprint density at radius 2 is 2.08 bits per heavy atom. The summed E-state index contributed by atoms with van der Waals surface area (Å²) in [5.74, 6) is -0.226. The third-order valence-electron chi connectivity index (χ3n) is 4.77. The van der Waals surface area contributed by atoms with E-state index in [-0.39, 0.29) is 5.56 Å². The van der Waals surface area contributed by atoms with Crippen LogP contribution in [0.25, 0.3) is 0 Å². The zero-order valence-electron chi connectivity index (χ0n) is 13.3. The van der Waals surface area contributed by atoms with Crippen molar-refractivity contribution in [1.29, 1.82) is 0 Å². The molecule has 1 aliphatic carbocycles. The van der Waals surface area contributed by atoms with Crippen molar-refractivity contribution in [2.45, 2.75) is 38.8 Å². The van der Waals surface area contributed by atoms with Crippen molar-refractivity contribution in [2.24, 2.45) is 5.92 Å². The number of fused-ring (bicyclic) bond motifs is 1. The van der Waals surface area contributed by atoms with E-state index in [1.807, 2.05) is 0 Å². The van der Waals surface area contributed by atoms with Crippen LogP contribution in [-0.4, -0.2) is 21.4 Å². The number of hydrogen-bond acceptors (Lipinski definition) is 3. The molecule has 2 aromatic rings. The molecule has 126 valence electrons. The molecule has 4 rings (SSSR count). The van der Waals surface area contributed by atoms with Gasteiger partial charge in [0.1, 0.15) is 5.82 Å². The second-order valence-corrected chi connectivity index (χ2v) is 6.79. The van der Waals surface area contributed by atoms with E-state index in [1.54, 1.807) is 6.07 Å². The van der Waals surface area contributed by atoms with Gasteiger partial charge in [-0.1, -0.05) is 6.07 Å². The summed E-state index contributed by atoms with van der Waals surface area (Å²) in [6, 6.07) is 3.98. The average molecular weight is 331 g/mol. The van der Waals surface area contributed by atoms with Gasteiger partial charge in [-0.25, -0.2) is 13.8 Å². The zero-order valence-corrected chi connectivity index (χ0v) is 13.3. The van der Waals surface area contributed by atoms with E-state index < -0.39 is 11.6 Å². The minimum Gasteiger partial charge on any atom is -0.310 e. The Labute approximate surface area is 138 Å². The molecule has 0 atom stereocenters. The lowest BCUT2D eigenvalue weighted by Gasteiger charge is -2.27. The van der Waals surface area contributed by atoms with Gasteiger partial charge in [0, 0.05) is 31.6 Å². The highest BCUT2D eigenvalue weighted by Crippen LogP contribution is 2.31. The molecule has 1 N–H and O–H groups in total. The standard InChI is InChI=1S/C18H19F2N3O/c19-14-4-3-12(7-15(14)20)9-23-6-5-13-16(10-23)21-17(22-18(13)24)8-11-1-2-11/h3-4,7,11H,1-2,5-6,8-10H2,(H,21,22,24). The van der Waals surface area contributed by atoms with Crippen LogP contribution in [0.3, 0.4) is 0 Å². The Bertz CT molecular complexity index is 829. The molecule has 1 aliphatic heterocycles. The number of aromatic nitrogens is 2. The van der Waals surface area contributed by atoms with E-state index in [0.717, 1.165) is 35.1 Å². The smallest absolute Gasteiger partial charge is 0.254 e. The third-order valence-corrected chi connectivity index (χ3v) is 4.77. The number of halogens is 2. The monoisotopic (exact) mass is 331 g/mol. The molecule has 1 fully saturated rings.